The van der Waals surface area contributed by atoms with Gasteiger partial charge >= 0.3 is 0 Å². The summed E-state index contributed by atoms with van der Waals surface area (Å²) >= 11 is 0. The average molecular weight is 697 g/mol. The van der Waals surface area contributed by atoms with E-state index in [4.69, 9.17) is 9.98 Å². The molecule has 0 spiro atoms. The van der Waals surface area contributed by atoms with Gasteiger partial charge in [0.15, 0.2) is 11.6 Å². The molecule has 4 rings (SSSR count). The van der Waals surface area contributed by atoms with Crippen molar-refractivity contribution >= 4 is 35.6 Å². The fourth-order valence-electron chi connectivity index (χ4n) is 7.58. The second-order valence-corrected chi connectivity index (χ2v) is 14.8. The van der Waals surface area contributed by atoms with Gasteiger partial charge in [-0.05, 0) is 116 Å². The second-order valence-electron chi connectivity index (χ2n) is 14.8. The highest BCUT2D eigenvalue weighted by atomic mass is 16.2. The summed E-state index contributed by atoms with van der Waals surface area (Å²) in [5.41, 5.74) is 12.1. The molecule has 0 aliphatic heterocycles. The van der Waals surface area contributed by atoms with Crippen molar-refractivity contribution in [3.8, 4) is 0 Å². The second kappa shape index (κ2) is 16.5. The molecule has 0 aliphatic carbocycles. The summed E-state index contributed by atoms with van der Waals surface area (Å²) in [6, 6.07) is 18.7. The van der Waals surface area contributed by atoms with Crippen molar-refractivity contribution in [3.05, 3.63) is 139 Å². The fraction of sp³-hybridized carbons (Fsp3) is 0.348. The number of ketones is 4. The molecule has 0 aromatic heterocycles. The zero-order valence-electron chi connectivity index (χ0n) is 32.8. The van der Waals surface area contributed by atoms with Crippen LogP contribution in [0.15, 0.2) is 70.6 Å². The molecule has 0 aliphatic rings. The third-order valence-electron chi connectivity index (χ3n) is 9.55. The quantitative estimate of drug-likeness (QED) is 0.0790. The Hall–Kier alpha value is -5.10. The molecule has 2 unspecified atom stereocenters. The Morgan fingerprint density at radius 3 is 0.923 bits per heavy atom. The van der Waals surface area contributed by atoms with Gasteiger partial charge in [0.1, 0.15) is 35.5 Å². The molecule has 0 bridgehead atoms. The first-order valence-corrected chi connectivity index (χ1v) is 17.9. The van der Waals surface area contributed by atoms with E-state index in [2.05, 4.69) is 12.1 Å². The molecule has 52 heavy (non-hydrogen) atoms. The number of hydrogen-bond donors (Lipinski definition) is 0. The minimum Gasteiger partial charge on any atom is -0.299 e. The van der Waals surface area contributed by atoms with Crippen LogP contribution in [-0.2, 0) is 9.59 Å². The number of Topliss-reactive ketones (excluding diaryl/α,β-unsaturated/α-hetero) is 4. The largest absolute Gasteiger partial charge is 0.299 e. The maximum absolute atomic E-state index is 14.1. The van der Waals surface area contributed by atoms with Gasteiger partial charge in [0.2, 0.25) is 0 Å². The molecule has 0 saturated carbocycles. The number of nitrogens with zero attached hydrogens (tertiary/aromatic N) is 2. The van der Waals surface area contributed by atoms with Gasteiger partial charge in [-0.3, -0.25) is 29.2 Å². The van der Waals surface area contributed by atoms with E-state index >= 15 is 0 Å². The van der Waals surface area contributed by atoms with E-state index in [1.165, 1.54) is 26.3 Å². The Bertz CT molecular complexity index is 1880. The molecule has 4 aromatic rings. The summed E-state index contributed by atoms with van der Waals surface area (Å²) < 4.78 is 0. The highest BCUT2D eigenvalue weighted by molar-refractivity contribution is 6.21. The minimum absolute atomic E-state index is 0.303. The van der Waals surface area contributed by atoms with E-state index in [9.17, 15) is 19.2 Å². The van der Waals surface area contributed by atoms with Crippen LogP contribution in [0.2, 0.25) is 0 Å². The SMILES string of the molecule is CC(=O)C(C=N[C@H](c1cc(C)cc(C)c1)[C@H](N=CC(C(C)=O)C(=O)c1c(C)cc(C)cc1C)c1cc(C)cc(C)c1)C(=O)c1c(C)cc(C)cc1C. The van der Waals surface area contributed by atoms with Gasteiger partial charge in [-0.15, -0.1) is 0 Å². The lowest BCUT2D eigenvalue weighted by molar-refractivity contribution is -0.118. The summed E-state index contributed by atoms with van der Waals surface area (Å²) in [6.07, 6.45) is 2.95. The lowest BCUT2D eigenvalue weighted by atomic mass is 9.87. The number of hydrogen-bond acceptors (Lipinski definition) is 6. The first-order valence-electron chi connectivity index (χ1n) is 17.9. The number of aryl methyl sites for hydroxylation is 10. The first kappa shape index (κ1) is 39.7. The topological polar surface area (TPSA) is 93.0 Å². The van der Waals surface area contributed by atoms with Crippen LogP contribution in [0.3, 0.4) is 0 Å². The highest BCUT2D eigenvalue weighted by Crippen LogP contribution is 2.38. The van der Waals surface area contributed by atoms with Crippen LogP contribution in [0, 0.1) is 81.1 Å². The van der Waals surface area contributed by atoms with E-state index in [-0.39, 0.29) is 23.1 Å². The number of carbonyl (C=O) groups excluding carboxylic acids is 4. The van der Waals surface area contributed by atoms with Crippen molar-refractivity contribution in [3.63, 3.8) is 0 Å². The normalized spacial score (nSPS) is 14.0. The minimum atomic E-state index is -1.11. The summed E-state index contributed by atoms with van der Waals surface area (Å²) in [5.74, 6) is -3.46. The van der Waals surface area contributed by atoms with Gasteiger partial charge in [-0.2, -0.15) is 0 Å². The first-order chi connectivity index (χ1) is 24.4. The van der Waals surface area contributed by atoms with Crippen molar-refractivity contribution in [2.24, 2.45) is 21.8 Å². The molecule has 6 heteroatoms. The third-order valence-corrected chi connectivity index (χ3v) is 9.55. The molecule has 0 radical (unpaired) electrons. The highest BCUT2D eigenvalue weighted by Gasteiger charge is 2.31. The summed E-state index contributed by atoms with van der Waals surface area (Å²) in [4.78, 5) is 64.7. The monoisotopic (exact) mass is 696 g/mol. The van der Waals surface area contributed by atoms with Gasteiger partial charge in [-0.25, -0.2) is 0 Å². The Morgan fingerprint density at radius 1 is 0.423 bits per heavy atom. The number of benzene rings is 4. The van der Waals surface area contributed by atoms with Crippen LogP contribution in [0.25, 0.3) is 0 Å². The molecular weight excluding hydrogens is 645 g/mol. The summed E-state index contributed by atoms with van der Waals surface area (Å²) in [7, 11) is 0. The number of aliphatic imine (C=N–C) groups is 2. The number of rotatable bonds is 13. The maximum Gasteiger partial charge on any atom is 0.179 e. The van der Waals surface area contributed by atoms with Gasteiger partial charge < -0.3 is 0 Å². The van der Waals surface area contributed by atoms with Crippen molar-refractivity contribution < 1.29 is 19.2 Å². The molecule has 4 aromatic carbocycles. The van der Waals surface area contributed by atoms with Gasteiger partial charge in [0.25, 0.3) is 0 Å². The van der Waals surface area contributed by atoms with E-state index < -0.39 is 23.9 Å². The van der Waals surface area contributed by atoms with Crippen LogP contribution in [0.1, 0.15) is 113 Å². The average Bonchev–Trinajstić information content (AvgIpc) is 2.99. The number of carbonyl (C=O) groups is 4. The molecule has 0 saturated heterocycles. The lowest BCUT2D eigenvalue weighted by Crippen LogP contribution is -2.26. The summed E-state index contributed by atoms with van der Waals surface area (Å²) in [5, 5.41) is 0. The molecule has 0 heterocycles. The van der Waals surface area contributed by atoms with Crippen molar-refractivity contribution in [2.45, 2.75) is 95.2 Å². The van der Waals surface area contributed by atoms with Gasteiger partial charge in [0, 0.05) is 23.6 Å². The van der Waals surface area contributed by atoms with E-state index in [0.29, 0.717) is 11.1 Å². The maximum atomic E-state index is 14.1. The Labute approximate surface area is 309 Å². The van der Waals surface area contributed by atoms with Crippen LogP contribution < -0.4 is 0 Å². The molecule has 270 valence electrons. The predicted octanol–water partition coefficient (Wildman–Crippen LogP) is 9.87. The van der Waals surface area contributed by atoms with Crippen molar-refractivity contribution in [1.82, 2.24) is 0 Å². The molecular formula is C46H52N2O4. The molecule has 6 nitrogen and oxygen atoms in total. The van der Waals surface area contributed by atoms with Crippen LogP contribution >= 0.6 is 0 Å². The van der Waals surface area contributed by atoms with Crippen molar-refractivity contribution in [1.29, 1.82) is 0 Å². The van der Waals surface area contributed by atoms with Crippen LogP contribution in [0.5, 0.6) is 0 Å². The van der Waals surface area contributed by atoms with Crippen LogP contribution in [-0.4, -0.2) is 35.6 Å². The Balaban J connectivity index is 1.94. The standard InChI is InChI=1S/C46H52N2O4/c1-25-13-26(2)20-37(19-25)43(47-23-39(35(11)49)45(51)41-31(7)15-29(5)16-32(41)8)44(38-21-27(3)14-28(4)22-38)48-24-40(36(12)50)46(52)42-33(9)17-30(6)18-34(42)10/h13-24,39-40,43-44H,1-12H3/t39?,40?,43-,44-/m1/s1. The third kappa shape index (κ3) is 9.22. The molecule has 4 atom stereocenters. The van der Waals surface area contributed by atoms with E-state index in [0.717, 1.165) is 66.8 Å². The van der Waals surface area contributed by atoms with Crippen molar-refractivity contribution in [2.75, 3.05) is 0 Å². The molecule has 0 N–H and O–H groups in total. The van der Waals surface area contributed by atoms with Gasteiger partial charge in [0.05, 0.1) is 0 Å². The smallest absolute Gasteiger partial charge is 0.179 e. The predicted molar refractivity (Wildman–Crippen MR) is 213 cm³/mol. The Morgan fingerprint density at radius 2 is 0.673 bits per heavy atom. The Kier molecular flexibility index (Phi) is 12.6. The summed E-state index contributed by atoms with van der Waals surface area (Å²) in [6.45, 7) is 22.4. The van der Waals surface area contributed by atoms with Gasteiger partial charge in [-0.1, -0.05) is 94.0 Å². The lowest BCUT2D eigenvalue weighted by Gasteiger charge is -2.25. The van der Waals surface area contributed by atoms with Crippen LogP contribution in [0.4, 0.5) is 0 Å². The fourth-order valence-corrected chi connectivity index (χ4v) is 7.58. The zero-order valence-corrected chi connectivity index (χ0v) is 32.8. The van der Waals surface area contributed by atoms with E-state index in [1.54, 1.807) is 0 Å². The zero-order chi connectivity index (χ0) is 38.6. The molecule has 0 amide bonds. The molecule has 0 fully saturated rings. The van der Waals surface area contributed by atoms with E-state index in [1.807, 2.05) is 118 Å².